The van der Waals surface area contributed by atoms with Gasteiger partial charge in [0.05, 0.1) is 0 Å². The van der Waals surface area contributed by atoms with Crippen LogP contribution in [0, 0.1) is 17.8 Å². The highest BCUT2D eigenvalue weighted by Crippen LogP contribution is 2.54. The molecule has 1 nitrogen and oxygen atoms in total. The largest absolute Gasteiger partial charge is 0.416 e. The Balaban J connectivity index is 2.29. The molecule has 0 aliphatic heterocycles. The zero-order valence-corrected chi connectivity index (χ0v) is 12.3. The van der Waals surface area contributed by atoms with Crippen LogP contribution in [0.15, 0.2) is 12.2 Å². The molecular weight excluding hydrogens is 257 g/mol. The number of hydrogen-bond donors (Lipinski definition) is 0. The van der Waals surface area contributed by atoms with E-state index in [1.807, 2.05) is 25.7 Å². The van der Waals surface area contributed by atoms with E-state index in [9.17, 15) is 13.2 Å². The number of halogens is 3. The summed E-state index contributed by atoms with van der Waals surface area (Å²) in [5, 5.41) is 0. The minimum atomic E-state index is -4.30. The maximum absolute atomic E-state index is 13.5. The SMILES string of the molecule is CC(O[Si](C)(C)C)(C1CC2C=CC1C2)C(F)(F)F. The zero-order chi connectivity index (χ0) is 13.8. The molecule has 0 heterocycles. The lowest BCUT2D eigenvalue weighted by Gasteiger charge is -2.44. The summed E-state index contributed by atoms with van der Waals surface area (Å²) in [6.45, 7) is 6.71. The van der Waals surface area contributed by atoms with Crippen LogP contribution in [0.5, 0.6) is 0 Å². The third kappa shape index (κ3) is 2.39. The van der Waals surface area contributed by atoms with Gasteiger partial charge in [-0.2, -0.15) is 13.2 Å². The van der Waals surface area contributed by atoms with E-state index in [1.54, 1.807) is 0 Å². The highest BCUT2D eigenvalue weighted by Gasteiger charge is 2.62. The predicted octanol–water partition coefficient (Wildman–Crippen LogP) is 4.37. The van der Waals surface area contributed by atoms with Crippen molar-refractivity contribution >= 4 is 8.32 Å². The Morgan fingerprint density at radius 1 is 1.11 bits per heavy atom. The van der Waals surface area contributed by atoms with Crippen LogP contribution in [-0.4, -0.2) is 20.1 Å². The van der Waals surface area contributed by atoms with Crippen molar-refractivity contribution in [2.24, 2.45) is 17.8 Å². The molecule has 2 aliphatic carbocycles. The molecule has 1 saturated carbocycles. The molecule has 0 N–H and O–H groups in total. The normalized spacial score (nSPS) is 34.9. The van der Waals surface area contributed by atoms with E-state index in [1.165, 1.54) is 6.92 Å². The van der Waals surface area contributed by atoms with Gasteiger partial charge in [0.15, 0.2) is 13.9 Å². The summed E-state index contributed by atoms with van der Waals surface area (Å²) >= 11 is 0. The van der Waals surface area contributed by atoms with Crippen molar-refractivity contribution in [3.63, 3.8) is 0 Å². The van der Waals surface area contributed by atoms with E-state index < -0.39 is 26.0 Å². The number of alkyl halides is 3. The lowest BCUT2D eigenvalue weighted by Crippen LogP contribution is -2.56. The molecule has 18 heavy (non-hydrogen) atoms. The summed E-state index contributed by atoms with van der Waals surface area (Å²) in [7, 11) is -2.24. The maximum atomic E-state index is 13.5. The molecule has 4 atom stereocenters. The number of hydrogen-bond acceptors (Lipinski definition) is 1. The first-order chi connectivity index (χ1) is 8.03. The van der Waals surface area contributed by atoms with E-state index in [4.69, 9.17) is 4.43 Å². The van der Waals surface area contributed by atoms with Gasteiger partial charge in [-0.05, 0) is 51.2 Å². The Morgan fingerprint density at radius 2 is 1.72 bits per heavy atom. The molecule has 2 rings (SSSR count). The molecule has 0 aromatic carbocycles. The molecule has 4 unspecified atom stereocenters. The summed E-state index contributed by atoms with van der Waals surface area (Å²) in [6.07, 6.45) is 1.20. The van der Waals surface area contributed by atoms with Gasteiger partial charge >= 0.3 is 6.18 Å². The van der Waals surface area contributed by atoms with Crippen LogP contribution in [0.25, 0.3) is 0 Å². The molecule has 0 saturated heterocycles. The van der Waals surface area contributed by atoms with Gasteiger partial charge in [0.1, 0.15) is 0 Å². The molecule has 2 aliphatic rings. The van der Waals surface area contributed by atoms with E-state index in [0.29, 0.717) is 12.3 Å². The Bertz CT molecular complexity index is 358. The Kier molecular flexibility index (Phi) is 3.22. The first-order valence-electron chi connectivity index (χ1n) is 6.48. The van der Waals surface area contributed by atoms with Crippen LogP contribution in [0.3, 0.4) is 0 Å². The summed E-state index contributed by atoms with van der Waals surface area (Å²) < 4.78 is 46.1. The fourth-order valence-corrected chi connectivity index (χ4v) is 4.93. The van der Waals surface area contributed by atoms with Gasteiger partial charge in [-0.15, -0.1) is 0 Å². The molecule has 0 radical (unpaired) electrons. The van der Waals surface area contributed by atoms with Crippen LogP contribution in [0.4, 0.5) is 13.2 Å². The van der Waals surface area contributed by atoms with Gasteiger partial charge < -0.3 is 4.43 Å². The summed E-state index contributed by atoms with van der Waals surface area (Å²) in [6, 6.07) is 0. The fraction of sp³-hybridized carbons (Fsp3) is 0.846. The molecule has 0 spiro atoms. The van der Waals surface area contributed by atoms with E-state index in [2.05, 4.69) is 6.08 Å². The van der Waals surface area contributed by atoms with Crippen molar-refractivity contribution in [2.45, 2.75) is 51.2 Å². The van der Waals surface area contributed by atoms with Crippen molar-refractivity contribution in [1.82, 2.24) is 0 Å². The molecule has 0 amide bonds. The second-order valence-electron chi connectivity index (χ2n) is 6.71. The second-order valence-corrected chi connectivity index (χ2v) is 11.1. The van der Waals surface area contributed by atoms with Crippen LogP contribution < -0.4 is 0 Å². The van der Waals surface area contributed by atoms with Gasteiger partial charge in [-0.25, -0.2) is 0 Å². The van der Waals surface area contributed by atoms with Gasteiger partial charge in [-0.1, -0.05) is 12.2 Å². The monoisotopic (exact) mass is 278 g/mol. The Morgan fingerprint density at radius 3 is 2.06 bits per heavy atom. The van der Waals surface area contributed by atoms with Crippen molar-refractivity contribution in [3.05, 3.63) is 12.2 Å². The highest BCUT2D eigenvalue weighted by atomic mass is 28.4. The van der Waals surface area contributed by atoms with Gasteiger partial charge in [-0.3, -0.25) is 0 Å². The summed E-state index contributed by atoms with van der Waals surface area (Å²) in [4.78, 5) is 0. The molecule has 0 aromatic heterocycles. The smallest absolute Gasteiger partial charge is 0.404 e. The van der Waals surface area contributed by atoms with Crippen molar-refractivity contribution in [3.8, 4) is 0 Å². The highest BCUT2D eigenvalue weighted by molar-refractivity contribution is 6.69. The minimum Gasteiger partial charge on any atom is -0.404 e. The summed E-state index contributed by atoms with van der Waals surface area (Å²) in [5.74, 6) is -0.0517. The molecule has 1 fully saturated rings. The van der Waals surface area contributed by atoms with Crippen LogP contribution in [-0.2, 0) is 4.43 Å². The molecule has 2 bridgehead atoms. The molecular formula is C13H21F3OSi. The fourth-order valence-electron chi connectivity index (χ4n) is 3.39. The van der Waals surface area contributed by atoms with Crippen molar-refractivity contribution in [2.75, 3.05) is 0 Å². The minimum absolute atomic E-state index is 0.0398. The third-order valence-corrected chi connectivity index (χ3v) is 5.10. The lowest BCUT2D eigenvalue weighted by molar-refractivity contribution is -0.266. The quantitative estimate of drug-likeness (QED) is 0.550. The van der Waals surface area contributed by atoms with E-state index >= 15 is 0 Å². The third-order valence-electron chi connectivity index (χ3n) is 4.07. The lowest BCUT2D eigenvalue weighted by atomic mass is 9.79. The maximum Gasteiger partial charge on any atom is 0.416 e. The summed E-state index contributed by atoms with van der Waals surface area (Å²) in [5.41, 5.74) is -1.98. The van der Waals surface area contributed by atoms with Gasteiger partial charge in [0, 0.05) is 5.92 Å². The van der Waals surface area contributed by atoms with Gasteiger partial charge in [0.25, 0.3) is 0 Å². The van der Waals surface area contributed by atoms with Gasteiger partial charge in [0.2, 0.25) is 0 Å². The van der Waals surface area contributed by atoms with Crippen molar-refractivity contribution in [1.29, 1.82) is 0 Å². The topological polar surface area (TPSA) is 9.23 Å². The molecule has 0 aromatic rings. The number of allylic oxidation sites excluding steroid dienone is 2. The standard InChI is InChI=1S/C13H21F3OSi/c1-12(13(14,15)16,17-18(2,3)4)11-8-9-5-6-10(11)7-9/h5-6,9-11H,7-8H2,1-4H3. The van der Waals surface area contributed by atoms with E-state index in [-0.39, 0.29) is 5.92 Å². The average Bonchev–Trinajstić information content (AvgIpc) is 2.73. The average molecular weight is 278 g/mol. The zero-order valence-electron chi connectivity index (χ0n) is 11.3. The molecule has 104 valence electrons. The van der Waals surface area contributed by atoms with Crippen molar-refractivity contribution < 1.29 is 17.6 Å². The first-order valence-corrected chi connectivity index (χ1v) is 9.89. The van der Waals surface area contributed by atoms with E-state index in [0.717, 1.165) is 6.42 Å². The van der Waals surface area contributed by atoms with Crippen LogP contribution in [0.2, 0.25) is 19.6 Å². The predicted molar refractivity (Wildman–Crippen MR) is 67.7 cm³/mol. The number of fused-ring (bicyclic) bond motifs is 2. The number of rotatable bonds is 3. The van der Waals surface area contributed by atoms with Crippen LogP contribution in [0.1, 0.15) is 19.8 Å². The Hall–Kier alpha value is -0.293. The van der Waals surface area contributed by atoms with Crippen LogP contribution >= 0.6 is 0 Å². The second kappa shape index (κ2) is 4.10. The first kappa shape index (κ1) is 14.1. The molecule has 5 heteroatoms. The Labute approximate surface area is 108 Å².